The number of halogens is 1. The van der Waals surface area contributed by atoms with Gasteiger partial charge in [0, 0.05) is 12.2 Å². The van der Waals surface area contributed by atoms with Gasteiger partial charge >= 0.3 is 0 Å². The summed E-state index contributed by atoms with van der Waals surface area (Å²) >= 11 is 6.09. The van der Waals surface area contributed by atoms with Crippen LogP contribution in [0, 0.1) is 0 Å². The summed E-state index contributed by atoms with van der Waals surface area (Å²) in [7, 11) is 0. The fourth-order valence-electron chi connectivity index (χ4n) is 1.87. The van der Waals surface area contributed by atoms with Gasteiger partial charge < -0.3 is 10.8 Å². The number of aryl methyl sites for hydroxylation is 1. The van der Waals surface area contributed by atoms with Crippen molar-refractivity contribution in [3.63, 3.8) is 0 Å². The lowest BCUT2D eigenvalue weighted by molar-refractivity contribution is 0.207. The van der Waals surface area contributed by atoms with Crippen molar-refractivity contribution in [3.8, 4) is 0 Å². The molecule has 1 aromatic heterocycles. The van der Waals surface area contributed by atoms with E-state index in [4.69, 9.17) is 17.3 Å². The molecule has 0 aliphatic carbocycles. The maximum absolute atomic E-state index is 10.4. The van der Waals surface area contributed by atoms with E-state index in [1.165, 1.54) is 0 Å². The van der Waals surface area contributed by atoms with Gasteiger partial charge in [0.25, 0.3) is 0 Å². The SMILES string of the molecule is CCCn1ncc(Cl)c1C(O)c1ccc(N)cc1. The Labute approximate surface area is 111 Å². The van der Waals surface area contributed by atoms with Gasteiger partial charge in [-0.1, -0.05) is 30.7 Å². The third-order valence-electron chi connectivity index (χ3n) is 2.78. The average Bonchev–Trinajstić information content (AvgIpc) is 2.71. The molecule has 18 heavy (non-hydrogen) atoms. The van der Waals surface area contributed by atoms with Gasteiger partial charge in [-0.15, -0.1) is 0 Å². The van der Waals surface area contributed by atoms with Crippen molar-refractivity contribution in [2.75, 3.05) is 5.73 Å². The standard InChI is InChI=1S/C13H16ClN3O/c1-2-7-17-12(11(14)8-16-17)13(18)9-3-5-10(15)6-4-9/h3-6,8,13,18H,2,7,15H2,1H3. The summed E-state index contributed by atoms with van der Waals surface area (Å²) in [6.45, 7) is 2.78. The molecule has 96 valence electrons. The summed E-state index contributed by atoms with van der Waals surface area (Å²) < 4.78 is 1.74. The van der Waals surface area contributed by atoms with E-state index in [0.29, 0.717) is 16.4 Å². The van der Waals surface area contributed by atoms with E-state index in [2.05, 4.69) is 12.0 Å². The highest BCUT2D eigenvalue weighted by Gasteiger charge is 2.19. The molecule has 0 amide bonds. The highest BCUT2D eigenvalue weighted by atomic mass is 35.5. The van der Waals surface area contributed by atoms with Crippen LogP contribution in [0.1, 0.15) is 30.7 Å². The molecule has 0 aliphatic rings. The van der Waals surface area contributed by atoms with Crippen molar-refractivity contribution >= 4 is 17.3 Å². The number of aliphatic hydroxyl groups is 1. The van der Waals surface area contributed by atoms with Crippen LogP contribution >= 0.6 is 11.6 Å². The molecule has 0 bridgehead atoms. The molecule has 2 aromatic rings. The Morgan fingerprint density at radius 3 is 2.67 bits per heavy atom. The maximum atomic E-state index is 10.4. The topological polar surface area (TPSA) is 64.1 Å². The van der Waals surface area contributed by atoms with Crippen LogP contribution in [0.3, 0.4) is 0 Å². The minimum absolute atomic E-state index is 0.479. The van der Waals surface area contributed by atoms with Gasteiger partial charge in [-0.2, -0.15) is 5.10 Å². The van der Waals surface area contributed by atoms with Crippen LogP contribution in [-0.2, 0) is 6.54 Å². The fourth-order valence-corrected chi connectivity index (χ4v) is 2.11. The quantitative estimate of drug-likeness (QED) is 0.836. The second-order valence-corrected chi connectivity index (χ2v) is 4.58. The van der Waals surface area contributed by atoms with Crippen LogP contribution < -0.4 is 5.73 Å². The van der Waals surface area contributed by atoms with E-state index in [-0.39, 0.29) is 0 Å². The van der Waals surface area contributed by atoms with Crippen molar-refractivity contribution < 1.29 is 5.11 Å². The third kappa shape index (κ3) is 2.49. The van der Waals surface area contributed by atoms with Gasteiger partial charge in [0.1, 0.15) is 6.10 Å². The molecule has 1 heterocycles. The molecule has 1 atom stereocenters. The van der Waals surface area contributed by atoms with E-state index in [0.717, 1.165) is 18.5 Å². The zero-order valence-corrected chi connectivity index (χ0v) is 10.9. The normalized spacial score (nSPS) is 12.6. The highest BCUT2D eigenvalue weighted by Crippen LogP contribution is 2.28. The Kier molecular flexibility index (Phi) is 3.89. The summed E-state index contributed by atoms with van der Waals surface area (Å²) in [4.78, 5) is 0. The van der Waals surface area contributed by atoms with Gasteiger partial charge in [-0.25, -0.2) is 0 Å². The van der Waals surface area contributed by atoms with Gasteiger partial charge in [0.05, 0.1) is 16.9 Å². The second kappa shape index (κ2) is 5.42. The Morgan fingerprint density at radius 1 is 1.39 bits per heavy atom. The van der Waals surface area contributed by atoms with Crippen LogP contribution in [0.5, 0.6) is 0 Å². The van der Waals surface area contributed by atoms with Gasteiger partial charge in [0.15, 0.2) is 0 Å². The smallest absolute Gasteiger partial charge is 0.122 e. The van der Waals surface area contributed by atoms with Gasteiger partial charge in [-0.3, -0.25) is 4.68 Å². The van der Waals surface area contributed by atoms with Crippen LogP contribution in [0.15, 0.2) is 30.5 Å². The lowest BCUT2D eigenvalue weighted by Gasteiger charge is -2.14. The number of hydrogen-bond donors (Lipinski definition) is 2. The predicted molar refractivity (Wildman–Crippen MR) is 72.4 cm³/mol. The largest absolute Gasteiger partial charge is 0.399 e. The molecule has 2 rings (SSSR count). The van der Waals surface area contributed by atoms with E-state index in [1.807, 2.05) is 0 Å². The molecular weight excluding hydrogens is 250 g/mol. The predicted octanol–water partition coefficient (Wildman–Crippen LogP) is 2.61. The molecule has 4 nitrogen and oxygen atoms in total. The molecule has 0 spiro atoms. The number of nitrogen functional groups attached to an aromatic ring is 1. The maximum Gasteiger partial charge on any atom is 0.122 e. The minimum atomic E-state index is -0.785. The molecule has 3 N–H and O–H groups in total. The lowest BCUT2D eigenvalue weighted by Crippen LogP contribution is -2.10. The summed E-state index contributed by atoms with van der Waals surface area (Å²) in [6, 6.07) is 7.10. The van der Waals surface area contributed by atoms with Crippen LogP contribution in [0.25, 0.3) is 0 Å². The number of aromatic nitrogens is 2. The Bertz CT molecular complexity index is 522. The molecule has 0 fully saturated rings. The van der Waals surface area contributed by atoms with Crippen molar-refractivity contribution in [3.05, 3.63) is 46.7 Å². The first-order chi connectivity index (χ1) is 8.63. The molecular formula is C13H16ClN3O. The number of anilines is 1. The summed E-state index contributed by atoms with van der Waals surface area (Å²) in [5, 5.41) is 15.0. The van der Waals surface area contributed by atoms with Gasteiger partial charge in [-0.05, 0) is 24.1 Å². The zero-order valence-electron chi connectivity index (χ0n) is 10.2. The molecule has 5 heteroatoms. The molecule has 0 radical (unpaired) electrons. The third-order valence-corrected chi connectivity index (χ3v) is 3.07. The Balaban J connectivity index is 2.35. The molecule has 1 aromatic carbocycles. The summed E-state index contributed by atoms with van der Waals surface area (Å²) in [5.41, 5.74) is 7.68. The minimum Gasteiger partial charge on any atom is -0.399 e. The number of hydrogen-bond acceptors (Lipinski definition) is 3. The Morgan fingerprint density at radius 2 is 2.06 bits per heavy atom. The summed E-state index contributed by atoms with van der Waals surface area (Å²) in [5.74, 6) is 0. The molecule has 0 saturated carbocycles. The van der Waals surface area contributed by atoms with Crippen LogP contribution in [0.4, 0.5) is 5.69 Å². The van der Waals surface area contributed by atoms with E-state index in [1.54, 1.807) is 35.1 Å². The number of nitrogens with zero attached hydrogens (tertiary/aromatic N) is 2. The van der Waals surface area contributed by atoms with Gasteiger partial charge in [0.2, 0.25) is 0 Å². The number of benzene rings is 1. The van der Waals surface area contributed by atoms with E-state index >= 15 is 0 Å². The first-order valence-corrected chi connectivity index (χ1v) is 6.26. The lowest BCUT2D eigenvalue weighted by atomic mass is 10.1. The molecule has 0 aliphatic heterocycles. The molecule has 0 saturated heterocycles. The van der Waals surface area contributed by atoms with E-state index in [9.17, 15) is 5.11 Å². The second-order valence-electron chi connectivity index (χ2n) is 4.17. The number of nitrogens with two attached hydrogens (primary N) is 1. The van der Waals surface area contributed by atoms with Crippen molar-refractivity contribution in [2.24, 2.45) is 0 Å². The van der Waals surface area contributed by atoms with Crippen molar-refractivity contribution in [1.82, 2.24) is 9.78 Å². The van der Waals surface area contributed by atoms with E-state index < -0.39 is 6.10 Å². The average molecular weight is 266 g/mol. The number of rotatable bonds is 4. The molecule has 1 unspecified atom stereocenters. The highest BCUT2D eigenvalue weighted by molar-refractivity contribution is 6.31. The zero-order chi connectivity index (χ0) is 13.1. The van der Waals surface area contributed by atoms with Crippen molar-refractivity contribution in [2.45, 2.75) is 26.0 Å². The fraction of sp³-hybridized carbons (Fsp3) is 0.308. The summed E-state index contributed by atoms with van der Waals surface area (Å²) in [6.07, 6.45) is 1.71. The first-order valence-electron chi connectivity index (χ1n) is 5.88. The Hall–Kier alpha value is -1.52. The van der Waals surface area contributed by atoms with Crippen molar-refractivity contribution in [1.29, 1.82) is 0 Å². The number of aliphatic hydroxyl groups excluding tert-OH is 1. The van der Waals surface area contributed by atoms with Crippen LogP contribution in [0.2, 0.25) is 5.02 Å². The first kappa shape index (κ1) is 12.9. The monoisotopic (exact) mass is 265 g/mol. The van der Waals surface area contributed by atoms with Crippen LogP contribution in [-0.4, -0.2) is 14.9 Å².